The Morgan fingerprint density at radius 3 is 2.89 bits per heavy atom. The summed E-state index contributed by atoms with van der Waals surface area (Å²) in [5, 5.41) is 1.88. The van der Waals surface area contributed by atoms with Crippen LogP contribution in [-0.2, 0) is 5.75 Å². The molecule has 1 nitrogen and oxygen atoms in total. The smallest absolute Gasteiger partial charge is 0.0708 e. The van der Waals surface area contributed by atoms with Crippen molar-refractivity contribution in [1.29, 1.82) is 0 Å². The number of para-hydroxylation sites is 1. The van der Waals surface area contributed by atoms with Crippen LogP contribution in [0.25, 0.3) is 10.9 Å². The summed E-state index contributed by atoms with van der Waals surface area (Å²) in [5.41, 5.74) is 3.57. The first kappa shape index (κ1) is 13.7. The summed E-state index contributed by atoms with van der Waals surface area (Å²) in [4.78, 5) is 4.57. The molecule has 0 fully saturated rings. The first-order valence-corrected chi connectivity index (χ1v) is 7.82. The van der Waals surface area contributed by atoms with Crippen molar-refractivity contribution in [2.45, 2.75) is 31.3 Å². The minimum Gasteiger partial charge on any atom is -0.253 e. The number of aromatic nitrogens is 1. The van der Waals surface area contributed by atoms with E-state index in [9.17, 15) is 0 Å². The van der Waals surface area contributed by atoms with Gasteiger partial charge in [-0.15, -0.1) is 11.6 Å². The molecule has 1 aromatic carbocycles. The third kappa shape index (κ3) is 3.39. The van der Waals surface area contributed by atoms with E-state index in [1.807, 2.05) is 17.8 Å². The van der Waals surface area contributed by atoms with Gasteiger partial charge in [0.1, 0.15) is 0 Å². The Hall–Kier alpha value is -0.730. The number of benzene rings is 1. The lowest BCUT2D eigenvalue weighted by atomic mass is 10.1. The lowest BCUT2D eigenvalue weighted by molar-refractivity contribution is 0.912. The van der Waals surface area contributed by atoms with Gasteiger partial charge in [-0.05, 0) is 31.0 Å². The molecule has 0 N–H and O–H groups in total. The average molecular weight is 280 g/mol. The van der Waals surface area contributed by atoms with Crippen LogP contribution in [0.2, 0.25) is 0 Å². The zero-order chi connectivity index (χ0) is 13.0. The van der Waals surface area contributed by atoms with Crippen molar-refractivity contribution in [1.82, 2.24) is 4.98 Å². The van der Waals surface area contributed by atoms with Gasteiger partial charge >= 0.3 is 0 Å². The topological polar surface area (TPSA) is 12.9 Å². The third-order valence-electron chi connectivity index (χ3n) is 2.97. The number of hydrogen-bond acceptors (Lipinski definition) is 2. The molecule has 1 atom stereocenters. The van der Waals surface area contributed by atoms with Crippen LogP contribution in [0.1, 0.15) is 24.6 Å². The summed E-state index contributed by atoms with van der Waals surface area (Å²) in [6.07, 6.45) is 1.06. The maximum Gasteiger partial charge on any atom is 0.0708 e. The lowest BCUT2D eigenvalue weighted by Gasteiger charge is -2.11. The van der Waals surface area contributed by atoms with Crippen LogP contribution in [-0.4, -0.2) is 16.1 Å². The van der Waals surface area contributed by atoms with Crippen molar-refractivity contribution in [3.05, 3.63) is 41.6 Å². The summed E-state index contributed by atoms with van der Waals surface area (Å²) in [6, 6.07) is 10.6. The number of fused-ring (bicyclic) bond motifs is 1. The largest absolute Gasteiger partial charge is 0.253 e. The van der Waals surface area contributed by atoms with E-state index >= 15 is 0 Å². The molecule has 1 aromatic heterocycles. The summed E-state index contributed by atoms with van der Waals surface area (Å²) in [6.45, 7) is 4.30. The molecular formula is C15H18ClNS. The predicted molar refractivity (Wildman–Crippen MR) is 82.6 cm³/mol. The minimum atomic E-state index is 0.606. The fourth-order valence-corrected chi connectivity index (χ4v) is 3.43. The van der Waals surface area contributed by atoms with E-state index in [-0.39, 0.29) is 0 Å². The van der Waals surface area contributed by atoms with E-state index in [1.54, 1.807) is 0 Å². The fourth-order valence-electron chi connectivity index (χ4n) is 1.98. The van der Waals surface area contributed by atoms with Crippen molar-refractivity contribution in [2.75, 3.05) is 5.88 Å². The number of rotatable bonds is 5. The quantitative estimate of drug-likeness (QED) is 0.730. The highest BCUT2D eigenvalue weighted by Gasteiger charge is 2.06. The van der Waals surface area contributed by atoms with Crippen molar-refractivity contribution in [2.24, 2.45) is 0 Å². The van der Waals surface area contributed by atoms with E-state index in [0.717, 1.165) is 29.3 Å². The molecule has 0 bridgehead atoms. The van der Waals surface area contributed by atoms with Gasteiger partial charge in [-0.25, -0.2) is 0 Å². The molecule has 1 unspecified atom stereocenters. The Kier molecular flexibility index (Phi) is 4.90. The highest BCUT2D eigenvalue weighted by Crippen LogP contribution is 2.25. The zero-order valence-electron chi connectivity index (χ0n) is 10.8. The third-order valence-corrected chi connectivity index (χ3v) is 4.47. The highest BCUT2D eigenvalue weighted by atomic mass is 35.5. The number of pyridine rings is 1. The predicted octanol–water partition coefficient (Wildman–Crippen LogP) is 4.79. The van der Waals surface area contributed by atoms with Crippen LogP contribution in [0, 0.1) is 6.92 Å². The Morgan fingerprint density at radius 1 is 1.33 bits per heavy atom. The van der Waals surface area contributed by atoms with Crippen LogP contribution in [0.4, 0.5) is 0 Å². The molecule has 0 saturated heterocycles. The molecule has 0 radical (unpaired) electrons. The second-order valence-electron chi connectivity index (χ2n) is 4.54. The molecule has 96 valence electrons. The normalized spacial score (nSPS) is 12.8. The second kappa shape index (κ2) is 6.44. The molecule has 0 spiro atoms. The molecule has 18 heavy (non-hydrogen) atoms. The molecule has 3 heteroatoms. The van der Waals surface area contributed by atoms with E-state index in [4.69, 9.17) is 11.6 Å². The number of aryl methyl sites for hydroxylation is 1. The molecular weight excluding hydrogens is 262 g/mol. The van der Waals surface area contributed by atoms with Gasteiger partial charge in [0.25, 0.3) is 0 Å². The van der Waals surface area contributed by atoms with Gasteiger partial charge in [-0.2, -0.15) is 11.8 Å². The van der Waals surface area contributed by atoms with Gasteiger partial charge in [-0.1, -0.05) is 25.1 Å². The van der Waals surface area contributed by atoms with Crippen molar-refractivity contribution < 1.29 is 0 Å². The zero-order valence-corrected chi connectivity index (χ0v) is 12.4. The molecule has 0 amide bonds. The van der Waals surface area contributed by atoms with Gasteiger partial charge in [0, 0.05) is 28.0 Å². The number of alkyl halides is 1. The molecule has 2 rings (SSSR count). The number of thioether (sulfide) groups is 1. The van der Waals surface area contributed by atoms with E-state index in [2.05, 4.69) is 43.1 Å². The van der Waals surface area contributed by atoms with Gasteiger partial charge in [0.2, 0.25) is 0 Å². The van der Waals surface area contributed by atoms with Gasteiger partial charge in [-0.3, -0.25) is 4.98 Å². The number of halogens is 1. The first-order chi connectivity index (χ1) is 8.70. The van der Waals surface area contributed by atoms with Crippen molar-refractivity contribution in [3.63, 3.8) is 0 Å². The monoisotopic (exact) mass is 279 g/mol. The van der Waals surface area contributed by atoms with Crippen LogP contribution in [0.3, 0.4) is 0 Å². The van der Waals surface area contributed by atoms with Crippen LogP contribution >= 0.6 is 23.4 Å². The van der Waals surface area contributed by atoms with E-state index < -0.39 is 0 Å². The SMILES string of the molecule is Cc1cc(CSC(C)CCCl)c2ccccc2n1. The van der Waals surface area contributed by atoms with Crippen LogP contribution < -0.4 is 0 Å². The molecule has 1 heterocycles. The Morgan fingerprint density at radius 2 is 2.11 bits per heavy atom. The molecule has 0 aliphatic carbocycles. The maximum absolute atomic E-state index is 5.78. The number of hydrogen-bond donors (Lipinski definition) is 0. The average Bonchev–Trinajstić information content (AvgIpc) is 2.36. The standard InChI is InChI=1S/C15H18ClNS/c1-11-9-13(10-18-12(2)7-8-16)14-5-3-4-6-15(14)17-11/h3-6,9,12H,7-8,10H2,1-2H3. The summed E-state index contributed by atoms with van der Waals surface area (Å²) in [7, 11) is 0. The van der Waals surface area contributed by atoms with Crippen LogP contribution in [0.15, 0.2) is 30.3 Å². The van der Waals surface area contributed by atoms with Crippen molar-refractivity contribution in [3.8, 4) is 0 Å². The summed E-state index contributed by atoms with van der Waals surface area (Å²) in [5.74, 6) is 1.77. The van der Waals surface area contributed by atoms with E-state index in [1.165, 1.54) is 10.9 Å². The van der Waals surface area contributed by atoms with Gasteiger partial charge in [0.15, 0.2) is 0 Å². The second-order valence-corrected chi connectivity index (χ2v) is 6.34. The highest BCUT2D eigenvalue weighted by molar-refractivity contribution is 7.99. The Balaban J connectivity index is 2.21. The Bertz CT molecular complexity index is 527. The van der Waals surface area contributed by atoms with E-state index in [0.29, 0.717) is 5.25 Å². The summed E-state index contributed by atoms with van der Waals surface area (Å²) >= 11 is 7.74. The Labute approximate surface area is 118 Å². The fraction of sp³-hybridized carbons (Fsp3) is 0.400. The van der Waals surface area contributed by atoms with Crippen molar-refractivity contribution >= 4 is 34.3 Å². The molecule has 2 aromatic rings. The number of nitrogens with zero attached hydrogens (tertiary/aromatic N) is 1. The summed E-state index contributed by atoms with van der Waals surface area (Å²) < 4.78 is 0. The molecule has 0 saturated carbocycles. The lowest BCUT2D eigenvalue weighted by Crippen LogP contribution is -1.98. The molecule has 0 aliphatic heterocycles. The maximum atomic E-state index is 5.78. The first-order valence-electron chi connectivity index (χ1n) is 6.23. The van der Waals surface area contributed by atoms with Crippen LogP contribution in [0.5, 0.6) is 0 Å². The van der Waals surface area contributed by atoms with Gasteiger partial charge in [0.05, 0.1) is 5.52 Å². The van der Waals surface area contributed by atoms with Gasteiger partial charge < -0.3 is 0 Å². The molecule has 0 aliphatic rings. The minimum absolute atomic E-state index is 0.606.